The number of nitrogens with zero attached hydrogens (tertiary/aromatic N) is 1. The number of aryl methyl sites for hydroxylation is 2. The Morgan fingerprint density at radius 1 is 1.39 bits per heavy atom. The topological polar surface area (TPSA) is 96.9 Å². The van der Waals surface area contributed by atoms with Gasteiger partial charge in [-0.05, 0) is 31.4 Å². The molecule has 0 aliphatic carbocycles. The second kappa shape index (κ2) is 6.26. The highest BCUT2D eigenvalue weighted by molar-refractivity contribution is 5.93. The van der Waals surface area contributed by atoms with Gasteiger partial charge in [0.25, 0.3) is 5.91 Å². The molecule has 6 nitrogen and oxygen atoms in total. The molecule has 120 valence electrons. The Balaban J connectivity index is 1.71. The van der Waals surface area contributed by atoms with Gasteiger partial charge in [0.15, 0.2) is 17.8 Å². The van der Waals surface area contributed by atoms with Gasteiger partial charge in [0.05, 0.1) is 6.54 Å². The molecule has 23 heavy (non-hydrogen) atoms. The van der Waals surface area contributed by atoms with Crippen LogP contribution < -0.4 is 11.1 Å². The van der Waals surface area contributed by atoms with Gasteiger partial charge in [0.1, 0.15) is 0 Å². The summed E-state index contributed by atoms with van der Waals surface area (Å²) < 4.78 is 5.08. The minimum absolute atomic E-state index is 0.156. The van der Waals surface area contributed by atoms with Crippen LogP contribution in [0.5, 0.6) is 0 Å². The number of benzene rings is 1. The monoisotopic (exact) mass is 312 g/mol. The molecule has 2 aromatic heterocycles. The SMILES string of the molecule is Cc1[nH]c2c(C)cccc2c1CCNC(=O)c1ncoc1CN. The number of aromatic nitrogens is 2. The molecule has 3 aromatic rings. The maximum atomic E-state index is 12.1. The third-order valence-corrected chi connectivity index (χ3v) is 4.06. The predicted molar refractivity (Wildman–Crippen MR) is 88.2 cm³/mol. The Morgan fingerprint density at radius 3 is 3.00 bits per heavy atom. The largest absolute Gasteiger partial charge is 0.446 e. The molecule has 2 heterocycles. The van der Waals surface area contributed by atoms with Crippen molar-refractivity contribution in [3.63, 3.8) is 0 Å². The Kier molecular flexibility index (Phi) is 4.16. The molecule has 3 rings (SSSR count). The number of carbonyl (C=O) groups is 1. The van der Waals surface area contributed by atoms with Crippen LogP contribution in [0.15, 0.2) is 29.0 Å². The number of nitrogens with one attached hydrogen (secondary N) is 2. The van der Waals surface area contributed by atoms with Crippen molar-refractivity contribution < 1.29 is 9.21 Å². The Bertz CT molecular complexity index is 848. The third kappa shape index (κ3) is 2.85. The molecule has 4 N–H and O–H groups in total. The zero-order valence-electron chi connectivity index (χ0n) is 13.3. The standard InChI is InChI=1S/C17H20N4O2/c1-10-4-3-5-13-12(11(2)21-15(10)13)6-7-19-17(22)16-14(8-18)23-9-20-16/h3-5,9,21H,6-8,18H2,1-2H3,(H,19,22). The summed E-state index contributed by atoms with van der Waals surface area (Å²) in [5.41, 5.74) is 10.5. The number of fused-ring (bicyclic) bond motifs is 1. The normalized spacial score (nSPS) is 11.1. The van der Waals surface area contributed by atoms with E-state index in [0.29, 0.717) is 12.3 Å². The first-order valence-electron chi connectivity index (χ1n) is 7.59. The van der Waals surface area contributed by atoms with Crippen molar-refractivity contribution >= 4 is 16.8 Å². The summed E-state index contributed by atoms with van der Waals surface area (Å²) in [6, 6.07) is 6.24. The van der Waals surface area contributed by atoms with Crippen molar-refractivity contribution in [1.29, 1.82) is 0 Å². The summed E-state index contributed by atoms with van der Waals surface area (Å²) in [7, 11) is 0. The van der Waals surface area contributed by atoms with Crippen molar-refractivity contribution in [1.82, 2.24) is 15.3 Å². The van der Waals surface area contributed by atoms with Gasteiger partial charge in [-0.25, -0.2) is 4.98 Å². The first-order valence-corrected chi connectivity index (χ1v) is 7.59. The molecule has 0 radical (unpaired) electrons. The number of nitrogens with two attached hydrogens (primary N) is 1. The van der Waals surface area contributed by atoms with Gasteiger partial charge in [-0.1, -0.05) is 18.2 Å². The fourth-order valence-corrected chi connectivity index (χ4v) is 2.86. The van der Waals surface area contributed by atoms with E-state index in [1.165, 1.54) is 22.9 Å². The number of H-pyrrole nitrogens is 1. The van der Waals surface area contributed by atoms with Gasteiger partial charge >= 0.3 is 0 Å². The summed E-state index contributed by atoms with van der Waals surface area (Å²) in [5, 5.41) is 4.08. The molecule has 0 saturated carbocycles. The highest BCUT2D eigenvalue weighted by Crippen LogP contribution is 2.24. The smallest absolute Gasteiger partial charge is 0.273 e. The summed E-state index contributed by atoms with van der Waals surface area (Å²) in [6.07, 6.45) is 1.99. The van der Waals surface area contributed by atoms with Gasteiger partial charge in [-0.2, -0.15) is 0 Å². The van der Waals surface area contributed by atoms with E-state index in [1.807, 2.05) is 0 Å². The number of amides is 1. The lowest BCUT2D eigenvalue weighted by molar-refractivity contribution is 0.0948. The molecular weight excluding hydrogens is 292 g/mol. The third-order valence-electron chi connectivity index (χ3n) is 4.06. The molecule has 6 heteroatoms. The molecule has 0 unspecified atom stereocenters. The van der Waals surface area contributed by atoms with Crippen molar-refractivity contribution in [2.24, 2.45) is 5.73 Å². The van der Waals surface area contributed by atoms with Crippen LogP contribution in [-0.2, 0) is 13.0 Å². The number of oxazole rings is 1. The number of aromatic amines is 1. The maximum Gasteiger partial charge on any atom is 0.273 e. The van der Waals surface area contributed by atoms with E-state index in [-0.39, 0.29) is 18.1 Å². The predicted octanol–water partition coefficient (Wildman–Crippen LogP) is 2.20. The molecule has 1 aromatic carbocycles. The van der Waals surface area contributed by atoms with Crippen LogP contribution >= 0.6 is 0 Å². The van der Waals surface area contributed by atoms with E-state index < -0.39 is 0 Å². The molecule has 0 aliphatic rings. The lowest BCUT2D eigenvalue weighted by Gasteiger charge is -2.05. The number of hydrogen-bond acceptors (Lipinski definition) is 4. The molecule has 0 atom stereocenters. The van der Waals surface area contributed by atoms with E-state index in [1.54, 1.807) is 0 Å². The fraction of sp³-hybridized carbons (Fsp3) is 0.294. The van der Waals surface area contributed by atoms with Gasteiger partial charge < -0.3 is 20.5 Å². The zero-order chi connectivity index (χ0) is 16.4. The van der Waals surface area contributed by atoms with Gasteiger partial charge in [0.2, 0.25) is 0 Å². The average molecular weight is 312 g/mol. The highest BCUT2D eigenvalue weighted by atomic mass is 16.3. The quantitative estimate of drug-likeness (QED) is 0.673. The van der Waals surface area contributed by atoms with Crippen molar-refractivity contribution in [3.8, 4) is 0 Å². The first-order chi connectivity index (χ1) is 11.1. The van der Waals surface area contributed by atoms with Crippen LogP contribution in [0.4, 0.5) is 0 Å². The van der Waals surface area contributed by atoms with E-state index in [2.05, 4.69) is 47.3 Å². The molecule has 0 spiro atoms. The Hall–Kier alpha value is -2.60. The molecule has 0 saturated heterocycles. The van der Waals surface area contributed by atoms with Crippen molar-refractivity contribution in [3.05, 3.63) is 52.9 Å². The summed E-state index contributed by atoms with van der Waals surface area (Å²) in [4.78, 5) is 19.5. The Labute approximate surface area is 134 Å². The highest BCUT2D eigenvalue weighted by Gasteiger charge is 2.15. The molecular formula is C17H20N4O2. The number of carbonyl (C=O) groups excluding carboxylic acids is 1. The number of rotatable bonds is 5. The van der Waals surface area contributed by atoms with Crippen LogP contribution in [0, 0.1) is 13.8 Å². The minimum Gasteiger partial charge on any atom is -0.446 e. The van der Waals surface area contributed by atoms with Crippen molar-refractivity contribution in [2.75, 3.05) is 6.54 Å². The molecule has 0 bridgehead atoms. The van der Waals surface area contributed by atoms with E-state index >= 15 is 0 Å². The summed E-state index contributed by atoms with van der Waals surface area (Å²) >= 11 is 0. The Morgan fingerprint density at radius 2 is 2.22 bits per heavy atom. The fourth-order valence-electron chi connectivity index (χ4n) is 2.86. The minimum atomic E-state index is -0.257. The van der Waals surface area contributed by atoms with Gasteiger partial charge in [-0.15, -0.1) is 0 Å². The second-order valence-electron chi connectivity index (χ2n) is 5.56. The van der Waals surface area contributed by atoms with Crippen LogP contribution in [0.3, 0.4) is 0 Å². The number of hydrogen-bond donors (Lipinski definition) is 3. The summed E-state index contributed by atoms with van der Waals surface area (Å²) in [6.45, 7) is 4.82. The molecule has 0 aliphatic heterocycles. The van der Waals surface area contributed by atoms with E-state index in [0.717, 1.165) is 17.6 Å². The average Bonchev–Trinajstić information content (AvgIpc) is 3.13. The molecule has 1 amide bonds. The second-order valence-corrected chi connectivity index (χ2v) is 5.56. The van der Waals surface area contributed by atoms with Crippen LogP contribution in [0.1, 0.15) is 33.1 Å². The van der Waals surface area contributed by atoms with E-state index in [4.69, 9.17) is 10.2 Å². The van der Waals surface area contributed by atoms with Crippen molar-refractivity contribution in [2.45, 2.75) is 26.8 Å². The van der Waals surface area contributed by atoms with E-state index in [9.17, 15) is 4.79 Å². The summed E-state index contributed by atoms with van der Waals surface area (Å²) in [5.74, 6) is 0.147. The number of para-hydroxylation sites is 1. The zero-order valence-corrected chi connectivity index (χ0v) is 13.3. The van der Waals surface area contributed by atoms with Crippen LogP contribution in [0.2, 0.25) is 0 Å². The molecule has 0 fully saturated rings. The van der Waals surface area contributed by atoms with Crippen LogP contribution in [-0.4, -0.2) is 22.4 Å². The van der Waals surface area contributed by atoms with Gasteiger partial charge in [-0.3, -0.25) is 4.79 Å². The van der Waals surface area contributed by atoms with Gasteiger partial charge in [0, 0.05) is 23.1 Å². The maximum absolute atomic E-state index is 12.1. The van der Waals surface area contributed by atoms with Crippen LogP contribution in [0.25, 0.3) is 10.9 Å². The lowest BCUT2D eigenvalue weighted by atomic mass is 10.1. The first kappa shape index (κ1) is 15.3. The lowest BCUT2D eigenvalue weighted by Crippen LogP contribution is -2.27.